The molecule has 0 saturated carbocycles. The van der Waals surface area contributed by atoms with Crippen LogP contribution in [0.1, 0.15) is 42.5 Å². The maximum Gasteiger partial charge on any atom is 0.264 e. The summed E-state index contributed by atoms with van der Waals surface area (Å²) in [5.74, 6) is -0.899. The Balaban J connectivity index is 1.85. The van der Waals surface area contributed by atoms with Crippen LogP contribution in [-0.2, 0) is 32.6 Å². The van der Waals surface area contributed by atoms with E-state index >= 15 is 0 Å². The third kappa shape index (κ3) is 8.49. The SMILES string of the molecule is CC[C@H](C)NC(=O)[C@@H](Cc1ccccc1)N(Cc1ccccc1C)C(=O)CN(c1cccc(Cl)c1Cl)S(=O)(=O)c1ccc(C)cc1. The van der Waals surface area contributed by atoms with Crippen LogP contribution >= 0.6 is 23.2 Å². The van der Waals surface area contributed by atoms with Gasteiger partial charge in [-0.1, -0.05) is 108 Å². The van der Waals surface area contributed by atoms with E-state index in [0.717, 1.165) is 26.6 Å². The van der Waals surface area contributed by atoms with Crippen LogP contribution in [0.15, 0.2) is 102 Å². The Kier molecular flexibility index (Phi) is 11.9. The number of carbonyl (C=O) groups is 2. The zero-order chi connectivity index (χ0) is 33.4. The number of rotatable bonds is 13. The first-order chi connectivity index (χ1) is 21.9. The largest absolute Gasteiger partial charge is 0.352 e. The van der Waals surface area contributed by atoms with Crippen molar-refractivity contribution in [2.24, 2.45) is 0 Å². The van der Waals surface area contributed by atoms with Gasteiger partial charge in [0.25, 0.3) is 10.0 Å². The first-order valence-electron chi connectivity index (χ1n) is 15.1. The molecular formula is C36H39Cl2N3O4S. The zero-order valence-electron chi connectivity index (χ0n) is 26.4. The van der Waals surface area contributed by atoms with Gasteiger partial charge in [0.2, 0.25) is 11.8 Å². The van der Waals surface area contributed by atoms with Crippen LogP contribution in [0, 0.1) is 13.8 Å². The minimum Gasteiger partial charge on any atom is -0.352 e. The van der Waals surface area contributed by atoms with Gasteiger partial charge < -0.3 is 10.2 Å². The molecule has 0 aliphatic carbocycles. The monoisotopic (exact) mass is 679 g/mol. The summed E-state index contributed by atoms with van der Waals surface area (Å²) in [5, 5.41) is 3.18. The second-order valence-corrected chi connectivity index (χ2v) is 14.0. The lowest BCUT2D eigenvalue weighted by molar-refractivity contribution is -0.140. The van der Waals surface area contributed by atoms with Crippen molar-refractivity contribution in [1.82, 2.24) is 10.2 Å². The Bertz CT molecular complexity index is 1770. The number of hydrogen-bond acceptors (Lipinski definition) is 4. The first-order valence-corrected chi connectivity index (χ1v) is 17.3. The quantitative estimate of drug-likeness (QED) is 0.160. The summed E-state index contributed by atoms with van der Waals surface area (Å²) in [6.45, 7) is 7.12. The molecule has 242 valence electrons. The highest BCUT2D eigenvalue weighted by Gasteiger charge is 2.36. The van der Waals surface area contributed by atoms with Crippen LogP contribution < -0.4 is 9.62 Å². The molecule has 0 aliphatic rings. The number of aryl methyl sites for hydroxylation is 2. The lowest BCUT2D eigenvalue weighted by Crippen LogP contribution is -2.54. The Morgan fingerprint density at radius 1 is 0.848 bits per heavy atom. The third-order valence-electron chi connectivity index (χ3n) is 7.96. The molecule has 0 fully saturated rings. The average molecular weight is 681 g/mol. The highest BCUT2D eigenvalue weighted by atomic mass is 35.5. The van der Waals surface area contributed by atoms with E-state index in [-0.39, 0.29) is 45.5 Å². The fraction of sp³-hybridized carbons (Fsp3) is 0.278. The van der Waals surface area contributed by atoms with Crippen molar-refractivity contribution in [3.8, 4) is 0 Å². The second-order valence-electron chi connectivity index (χ2n) is 11.4. The van der Waals surface area contributed by atoms with Gasteiger partial charge in [-0.2, -0.15) is 0 Å². The maximum absolute atomic E-state index is 14.6. The van der Waals surface area contributed by atoms with Crippen molar-refractivity contribution in [2.45, 2.75) is 64.1 Å². The predicted octanol–water partition coefficient (Wildman–Crippen LogP) is 7.36. The van der Waals surface area contributed by atoms with Gasteiger partial charge in [-0.15, -0.1) is 0 Å². The van der Waals surface area contributed by atoms with E-state index in [9.17, 15) is 18.0 Å². The fourth-order valence-electron chi connectivity index (χ4n) is 5.00. The number of nitrogens with zero attached hydrogens (tertiary/aromatic N) is 2. The van der Waals surface area contributed by atoms with Crippen LogP contribution in [0.4, 0.5) is 5.69 Å². The Morgan fingerprint density at radius 3 is 2.15 bits per heavy atom. The molecule has 2 atom stereocenters. The van der Waals surface area contributed by atoms with Crippen LogP contribution in [0.25, 0.3) is 0 Å². The molecule has 4 aromatic carbocycles. The molecule has 0 heterocycles. The molecule has 0 saturated heterocycles. The summed E-state index contributed by atoms with van der Waals surface area (Å²) >= 11 is 12.9. The molecule has 0 aliphatic heterocycles. The van der Waals surface area contributed by atoms with Crippen LogP contribution in [0.2, 0.25) is 10.0 Å². The van der Waals surface area contributed by atoms with Gasteiger partial charge in [-0.3, -0.25) is 13.9 Å². The topological polar surface area (TPSA) is 86.8 Å². The number of amides is 2. The van der Waals surface area contributed by atoms with Crippen molar-refractivity contribution in [3.63, 3.8) is 0 Å². The molecule has 46 heavy (non-hydrogen) atoms. The summed E-state index contributed by atoms with van der Waals surface area (Å²) in [7, 11) is -4.31. The summed E-state index contributed by atoms with van der Waals surface area (Å²) in [4.78, 5) is 30.1. The number of sulfonamides is 1. The molecule has 4 aromatic rings. The first kappa shape index (κ1) is 35.0. The third-order valence-corrected chi connectivity index (χ3v) is 10.5. The van der Waals surface area contributed by atoms with Gasteiger partial charge in [0, 0.05) is 19.0 Å². The van der Waals surface area contributed by atoms with E-state index in [2.05, 4.69) is 5.32 Å². The Labute approximate surface area is 282 Å². The number of anilines is 1. The number of hydrogen-bond donors (Lipinski definition) is 1. The highest BCUT2D eigenvalue weighted by Crippen LogP contribution is 2.35. The predicted molar refractivity (Wildman–Crippen MR) is 186 cm³/mol. The van der Waals surface area contributed by atoms with Crippen molar-refractivity contribution in [2.75, 3.05) is 10.8 Å². The molecule has 0 spiro atoms. The molecule has 0 radical (unpaired) electrons. The molecule has 0 bridgehead atoms. The smallest absolute Gasteiger partial charge is 0.264 e. The molecule has 2 amide bonds. The van der Waals surface area contributed by atoms with Gasteiger partial charge in [-0.05, 0) is 68.1 Å². The van der Waals surface area contributed by atoms with Gasteiger partial charge in [0.1, 0.15) is 12.6 Å². The standard InChI is InChI=1S/C36H39Cl2N3O4S/c1-5-27(4)39-36(43)33(22-28-13-7-6-8-14-28)40(23-29-15-10-9-12-26(29)3)34(42)24-41(32-17-11-16-31(37)35(32)38)46(44,45)30-20-18-25(2)19-21-30/h6-21,27,33H,5,22-24H2,1-4H3,(H,39,43)/t27-,33+/m0/s1. The van der Waals surface area contributed by atoms with Crippen LogP contribution in [0.5, 0.6) is 0 Å². The number of halogens is 2. The number of benzene rings is 4. The number of carbonyl (C=O) groups excluding carboxylic acids is 2. The van der Waals surface area contributed by atoms with E-state index in [4.69, 9.17) is 23.2 Å². The van der Waals surface area contributed by atoms with Gasteiger partial charge in [0.05, 0.1) is 20.6 Å². The zero-order valence-corrected chi connectivity index (χ0v) is 28.7. The second kappa shape index (κ2) is 15.6. The number of nitrogens with one attached hydrogen (secondary N) is 1. The summed E-state index contributed by atoms with van der Waals surface area (Å²) in [6, 6.07) is 27.0. The molecular weight excluding hydrogens is 641 g/mol. The van der Waals surface area contributed by atoms with Crippen molar-refractivity contribution >= 4 is 50.7 Å². The van der Waals surface area contributed by atoms with Crippen molar-refractivity contribution < 1.29 is 18.0 Å². The van der Waals surface area contributed by atoms with Crippen molar-refractivity contribution in [3.05, 3.63) is 129 Å². The van der Waals surface area contributed by atoms with Crippen LogP contribution in [-0.4, -0.2) is 43.8 Å². The summed E-state index contributed by atoms with van der Waals surface area (Å²) in [6.07, 6.45) is 0.925. The van der Waals surface area contributed by atoms with Gasteiger partial charge in [0.15, 0.2) is 0 Å². The lowest BCUT2D eigenvalue weighted by Gasteiger charge is -2.34. The molecule has 0 aromatic heterocycles. The normalized spacial score (nSPS) is 12.7. The van der Waals surface area contributed by atoms with E-state index in [1.807, 2.05) is 82.3 Å². The average Bonchev–Trinajstić information content (AvgIpc) is 3.04. The molecule has 10 heteroatoms. The molecule has 4 rings (SSSR count). The van der Waals surface area contributed by atoms with E-state index in [1.165, 1.54) is 23.1 Å². The van der Waals surface area contributed by atoms with E-state index < -0.39 is 28.5 Å². The van der Waals surface area contributed by atoms with E-state index in [1.54, 1.807) is 24.3 Å². The van der Waals surface area contributed by atoms with Gasteiger partial charge >= 0.3 is 0 Å². The minimum absolute atomic E-state index is 0.00606. The summed E-state index contributed by atoms with van der Waals surface area (Å²) < 4.78 is 29.4. The maximum atomic E-state index is 14.6. The minimum atomic E-state index is -4.31. The van der Waals surface area contributed by atoms with Crippen LogP contribution in [0.3, 0.4) is 0 Å². The Hall–Kier alpha value is -3.85. The molecule has 7 nitrogen and oxygen atoms in total. The summed E-state index contributed by atoms with van der Waals surface area (Å²) in [5.41, 5.74) is 3.56. The lowest BCUT2D eigenvalue weighted by atomic mass is 10.0. The van der Waals surface area contributed by atoms with Crippen molar-refractivity contribution in [1.29, 1.82) is 0 Å². The van der Waals surface area contributed by atoms with E-state index in [0.29, 0.717) is 6.42 Å². The molecule has 1 N–H and O–H groups in total. The van der Waals surface area contributed by atoms with Gasteiger partial charge in [-0.25, -0.2) is 8.42 Å². The highest BCUT2D eigenvalue weighted by molar-refractivity contribution is 7.92. The fourth-order valence-corrected chi connectivity index (χ4v) is 6.88. The molecule has 0 unspecified atom stereocenters. The Morgan fingerprint density at radius 2 is 1.50 bits per heavy atom.